The van der Waals surface area contributed by atoms with Crippen LogP contribution in [-0.4, -0.2) is 18.2 Å². The van der Waals surface area contributed by atoms with Crippen molar-refractivity contribution in [2.24, 2.45) is 5.73 Å². The minimum Gasteiger partial charge on any atom is -0.444 e. The normalized spacial score (nSPS) is 17.5. The van der Waals surface area contributed by atoms with E-state index in [0.29, 0.717) is 6.54 Å². The van der Waals surface area contributed by atoms with Crippen LogP contribution in [0, 0.1) is 0 Å². The summed E-state index contributed by atoms with van der Waals surface area (Å²) in [4.78, 5) is 12.0. The van der Waals surface area contributed by atoms with Crippen molar-refractivity contribution >= 4 is 11.8 Å². The number of amides is 1. The SMILES string of the molecule is CC(C)(C)OC(=O)Nc1ccccc1C1(CN)CCCC1. The molecule has 0 bridgehead atoms. The summed E-state index contributed by atoms with van der Waals surface area (Å²) in [5.74, 6) is 0. The second-order valence-electron chi connectivity index (χ2n) is 6.86. The fraction of sp³-hybridized carbons (Fsp3) is 0.588. The molecular weight excluding hydrogens is 264 g/mol. The van der Waals surface area contributed by atoms with Crippen molar-refractivity contribution in [3.05, 3.63) is 29.8 Å². The third-order valence-electron chi connectivity index (χ3n) is 4.09. The number of nitrogens with two attached hydrogens (primary N) is 1. The lowest BCUT2D eigenvalue weighted by atomic mass is 9.78. The monoisotopic (exact) mass is 290 g/mol. The van der Waals surface area contributed by atoms with Crippen LogP contribution in [0.5, 0.6) is 0 Å². The number of carbonyl (C=O) groups is 1. The maximum atomic E-state index is 12.0. The molecule has 1 saturated carbocycles. The Balaban J connectivity index is 2.23. The number of carbonyl (C=O) groups excluding carboxylic acids is 1. The number of benzene rings is 1. The predicted octanol–water partition coefficient (Wildman–Crippen LogP) is 3.80. The molecule has 3 N–H and O–H groups in total. The fourth-order valence-corrected chi connectivity index (χ4v) is 3.10. The summed E-state index contributed by atoms with van der Waals surface area (Å²) in [6, 6.07) is 7.93. The first kappa shape index (κ1) is 15.8. The van der Waals surface area contributed by atoms with Crippen molar-refractivity contribution in [2.75, 3.05) is 11.9 Å². The van der Waals surface area contributed by atoms with Gasteiger partial charge in [-0.15, -0.1) is 0 Å². The number of anilines is 1. The number of para-hydroxylation sites is 1. The Morgan fingerprint density at radius 3 is 2.48 bits per heavy atom. The van der Waals surface area contributed by atoms with E-state index in [4.69, 9.17) is 10.5 Å². The predicted molar refractivity (Wildman–Crippen MR) is 85.5 cm³/mol. The van der Waals surface area contributed by atoms with Crippen molar-refractivity contribution in [1.82, 2.24) is 0 Å². The maximum Gasteiger partial charge on any atom is 0.412 e. The lowest BCUT2D eigenvalue weighted by molar-refractivity contribution is 0.0635. The van der Waals surface area contributed by atoms with Gasteiger partial charge >= 0.3 is 6.09 Å². The molecule has 0 atom stereocenters. The van der Waals surface area contributed by atoms with Gasteiger partial charge in [0, 0.05) is 17.6 Å². The molecule has 0 unspecified atom stereocenters. The molecule has 0 radical (unpaired) electrons. The molecule has 21 heavy (non-hydrogen) atoms. The van der Waals surface area contributed by atoms with E-state index < -0.39 is 11.7 Å². The molecule has 0 aliphatic heterocycles. The van der Waals surface area contributed by atoms with Crippen LogP contribution >= 0.6 is 0 Å². The largest absolute Gasteiger partial charge is 0.444 e. The van der Waals surface area contributed by atoms with E-state index in [2.05, 4.69) is 11.4 Å². The summed E-state index contributed by atoms with van der Waals surface area (Å²) in [7, 11) is 0. The first-order valence-corrected chi connectivity index (χ1v) is 7.66. The number of nitrogens with one attached hydrogen (secondary N) is 1. The first-order valence-electron chi connectivity index (χ1n) is 7.66. The van der Waals surface area contributed by atoms with Gasteiger partial charge in [0.25, 0.3) is 0 Å². The van der Waals surface area contributed by atoms with Crippen LogP contribution in [0.15, 0.2) is 24.3 Å². The van der Waals surface area contributed by atoms with Crippen molar-refractivity contribution in [1.29, 1.82) is 0 Å². The minimum absolute atomic E-state index is 0.00833. The van der Waals surface area contributed by atoms with Gasteiger partial charge in [0.2, 0.25) is 0 Å². The molecule has 4 nitrogen and oxygen atoms in total. The zero-order chi connectivity index (χ0) is 15.5. The van der Waals surface area contributed by atoms with E-state index in [9.17, 15) is 4.79 Å². The van der Waals surface area contributed by atoms with Crippen LogP contribution in [-0.2, 0) is 10.2 Å². The second-order valence-corrected chi connectivity index (χ2v) is 6.86. The molecule has 1 aliphatic carbocycles. The van der Waals surface area contributed by atoms with Gasteiger partial charge in [0.05, 0.1) is 0 Å². The quantitative estimate of drug-likeness (QED) is 0.889. The molecule has 0 saturated heterocycles. The van der Waals surface area contributed by atoms with E-state index in [0.717, 1.165) is 24.1 Å². The molecule has 1 aromatic carbocycles. The van der Waals surface area contributed by atoms with Crippen LogP contribution in [0.2, 0.25) is 0 Å². The summed E-state index contributed by atoms with van der Waals surface area (Å²) in [5.41, 5.74) is 7.50. The molecular formula is C17H26N2O2. The third-order valence-corrected chi connectivity index (χ3v) is 4.09. The molecule has 1 aliphatic rings. The minimum atomic E-state index is -0.502. The van der Waals surface area contributed by atoms with Crippen molar-refractivity contribution in [3.63, 3.8) is 0 Å². The Labute approximate surface area is 127 Å². The second kappa shape index (κ2) is 6.06. The molecule has 1 fully saturated rings. The van der Waals surface area contributed by atoms with E-state index in [1.807, 2.05) is 39.0 Å². The number of hydrogen-bond acceptors (Lipinski definition) is 3. The molecule has 1 aromatic rings. The molecule has 2 rings (SSSR count). The van der Waals surface area contributed by atoms with Gasteiger partial charge in [-0.1, -0.05) is 31.0 Å². The van der Waals surface area contributed by atoms with E-state index >= 15 is 0 Å². The number of ether oxygens (including phenoxy) is 1. The average Bonchev–Trinajstić information content (AvgIpc) is 2.87. The summed E-state index contributed by atoms with van der Waals surface area (Å²) < 4.78 is 5.34. The molecule has 0 heterocycles. The number of rotatable bonds is 3. The highest BCUT2D eigenvalue weighted by Crippen LogP contribution is 2.43. The van der Waals surface area contributed by atoms with Crippen molar-refractivity contribution in [2.45, 2.75) is 57.5 Å². The molecule has 4 heteroatoms. The van der Waals surface area contributed by atoms with Gasteiger partial charge in [0.15, 0.2) is 0 Å². The maximum absolute atomic E-state index is 12.0. The van der Waals surface area contributed by atoms with Crippen LogP contribution < -0.4 is 11.1 Å². The van der Waals surface area contributed by atoms with E-state index in [1.165, 1.54) is 12.8 Å². The Kier molecular flexibility index (Phi) is 4.57. The van der Waals surface area contributed by atoms with Gasteiger partial charge in [-0.2, -0.15) is 0 Å². The van der Waals surface area contributed by atoms with E-state index in [1.54, 1.807) is 0 Å². The molecule has 1 amide bonds. The summed E-state index contributed by atoms with van der Waals surface area (Å²) in [6.07, 6.45) is 4.13. The average molecular weight is 290 g/mol. The standard InChI is InChI=1S/C17H26N2O2/c1-16(2,3)21-15(20)19-14-9-5-4-8-13(14)17(12-18)10-6-7-11-17/h4-5,8-9H,6-7,10-12,18H2,1-3H3,(H,19,20). The molecule has 0 aromatic heterocycles. The van der Waals surface area contributed by atoms with Gasteiger partial charge in [0.1, 0.15) is 5.60 Å². The Morgan fingerprint density at radius 2 is 1.90 bits per heavy atom. The van der Waals surface area contributed by atoms with Gasteiger partial charge in [-0.3, -0.25) is 5.32 Å². The van der Waals surface area contributed by atoms with Gasteiger partial charge in [-0.25, -0.2) is 4.79 Å². The third kappa shape index (κ3) is 3.76. The zero-order valence-electron chi connectivity index (χ0n) is 13.2. The Morgan fingerprint density at radius 1 is 1.29 bits per heavy atom. The zero-order valence-corrected chi connectivity index (χ0v) is 13.2. The molecule has 116 valence electrons. The van der Waals surface area contributed by atoms with Crippen molar-refractivity contribution in [3.8, 4) is 0 Å². The van der Waals surface area contributed by atoms with Crippen LogP contribution in [0.3, 0.4) is 0 Å². The fourth-order valence-electron chi connectivity index (χ4n) is 3.10. The Bertz CT molecular complexity index is 500. The number of hydrogen-bond donors (Lipinski definition) is 2. The lowest BCUT2D eigenvalue weighted by Gasteiger charge is -2.30. The van der Waals surface area contributed by atoms with Gasteiger partial charge < -0.3 is 10.5 Å². The van der Waals surface area contributed by atoms with Crippen LogP contribution in [0.25, 0.3) is 0 Å². The van der Waals surface area contributed by atoms with E-state index in [-0.39, 0.29) is 5.41 Å². The highest BCUT2D eigenvalue weighted by molar-refractivity contribution is 5.86. The van der Waals surface area contributed by atoms with Crippen molar-refractivity contribution < 1.29 is 9.53 Å². The summed E-state index contributed by atoms with van der Waals surface area (Å²) in [5, 5.41) is 2.89. The Hall–Kier alpha value is -1.55. The van der Waals surface area contributed by atoms with Crippen LogP contribution in [0.4, 0.5) is 10.5 Å². The van der Waals surface area contributed by atoms with Gasteiger partial charge in [-0.05, 0) is 45.2 Å². The highest BCUT2D eigenvalue weighted by atomic mass is 16.6. The van der Waals surface area contributed by atoms with Crippen LogP contribution in [0.1, 0.15) is 52.0 Å². The highest BCUT2D eigenvalue weighted by Gasteiger charge is 2.36. The topological polar surface area (TPSA) is 64.3 Å². The summed E-state index contributed by atoms with van der Waals surface area (Å²) in [6.45, 7) is 6.19. The lowest BCUT2D eigenvalue weighted by Crippen LogP contribution is -2.34. The smallest absolute Gasteiger partial charge is 0.412 e. The molecule has 0 spiro atoms. The first-order chi connectivity index (χ1) is 9.86. The summed E-state index contributed by atoms with van der Waals surface area (Å²) >= 11 is 0.